The quantitative estimate of drug-likeness (QED) is 0.532. The van der Waals surface area contributed by atoms with E-state index in [1.165, 1.54) is 0 Å². The van der Waals surface area contributed by atoms with Crippen molar-refractivity contribution in [3.05, 3.63) is 67.2 Å². The van der Waals surface area contributed by atoms with Crippen molar-refractivity contribution in [1.82, 2.24) is 0 Å². The smallest absolute Gasteiger partial charge is 0.194 e. The van der Waals surface area contributed by atoms with Crippen molar-refractivity contribution in [3.8, 4) is 0 Å². The number of rotatable bonds is 2. The van der Waals surface area contributed by atoms with Crippen LogP contribution in [-0.4, -0.2) is 5.78 Å². The first-order valence-electron chi connectivity index (χ1n) is 5.14. The molecule has 0 atom stereocenters. The molecule has 0 aliphatic rings. The van der Waals surface area contributed by atoms with Gasteiger partial charge in [-0.15, -0.1) is 0 Å². The van der Waals surface area contributed by atoms with Gasteiger partial charge in [0.2, 0.25) is 0 Å². The molecule has 0 N–H and O–H groups in total. The second-order valence-electron chi connectivity index (χ2n) is 3.82. The van der Waals surface area contributed by atoms with Crippen LogP contribution < -0.4 is 0 Å². The van der Waals surface area contributed by atoms with Gasteiger partial charge in [-0.3, -0.25) is 4.79 Å². The maximum Gasteiger partial charge on any atom is 0.194 e. The Balaban J connectivity index is 2.47. The maximum absolute atomic E-state index is 12.3. The van der Waals surface area contributed by atoms with E-state index in [2.05, 4.69) is 38.5 Å². The highest BCUT2D eigenvalue weighted by molar-refractivity contribution is 14.1. The molecule has 0 fully saturated rings. The lowest BCUT2D eigenvalue weighted by atomic mass is 10.0. The van der Waals surface area contributed by atoms with E-state index in [1.54, 1.807) is 0 Å². The predicted octanol–water partition coefficient (Wildman–Crippen LogP) is 4.59. The highest BCUT2D eigenvalue weighted by Gasteiger charge is 2.12. The fraction of sp³-hybridized carbons (Fsp3) is 0.0714. The van der Waals surface area contributed by atoms with Gasteiger partial charge in [0.05, 0.1) is 0 Å². The van der Waals surface area contributed by atoms with E-state index in [0.29, 0.717) is 0 Å². The SMILES string of the molecule is Cc1cccc(C(=O)c2cc(Br)ccc2I)c1. The van der Waals surface area contributed by atoms with Crippen molar-refractivity contribution in [3.63, 3.8) is 0 Å². The van der Waals surface area contributed by atoms with Gasteiger partial charge in [0.1, 0.15) is 0 Å². The van der Waals surface area contributed by atoms with E-state index in [0.717, 1.165) is 24.7 Å². The van der Waals surface area contributed by atoms with Crippen LogP contribution in [0.3, 0.4) is 0 Å². The van der Waals surface area contributed by atoms with Crippen LogP contribution in [0.2, 0.25) is 0 Å². The first-order valence-corrected chi connectivity index (χ1v) is 7.01. The zero-order valence-electron chi connectivity index (χ0n) is 9.21. The van der Waals surface area contributed by atoms with Crippen LogP contribution in [0.25, 0.3) is 0 Å². The molecule has 0 bridgehead atoms. The molecular weight excluding hydrogens is 391 g/mol. The summed E-state index contributed by atoms with van der Waals surface area (Å²) in [4.78, 5) is 12.3. The van der Waals surface area contributed by atoms with Gasteiger partial charge in [-0.25, -0.2) is 0 Å². The van der Waals surface area contributed by atoms with Crippen LogP contribution in [0.1, 0.15) is 21.5 Å². The third kappa shape index (κ3) is 2.96. The molecule has 0 saturated carbocycles. The Kier molecular flexibility index (Phi) is 3.99. The molecule has 0 saturated heterocycles. The highest BCUT2D eigenvalue weighted by atomic mass is 127. The molecule has 0 spiro atoms. The number of carbonyl (C=O) groups excluding carboxylic acids is 1. The van der Waals surface area contributed by atoms with Gasteiger partial charge >= 0.3 is 0 Å². The number of halogens is 2. The molecule has 0 radical (unpaired) electrons. The minimum atomic E-state index is 0.0689. The zero-order chi connectivity index (χ0) is 12.4. The average Bonchev–Trinajstić information content (AvgIpc) is 2.31. The van der Waals surface area contributed by atoms with Gasteiger partial charge in [0.15, 0.2) is 5.78 Å². The van der Waals surface area contributed by atoms with Gasteiger partial charge in [-0.1, -0.05) is 39.7 Å². The van der Waals surface area contributed by atoms with Crippen molar-refractivity contribution in [2.24, 2.45) is 0 Å². The Morgan fingerprint density at radius 1 is 1.18 bits per heavy atom. The lowest BCUT2D eigenvalue weighted by Crippen LogP contribution is -2.03. The molecule has 2 rings (SSSR count). The van der Waals surface area contributed by atoms with Crippen LogP contribution in [0.5, 0.6) is 0 Å². The summed E-state index contributed by atoms with van der Waals surface area (Å²) >= 11 is 5.58. The van der Waals surface area contributed by atoms with E-state index >= 15 is 0 Å². The predicted molar refractivity (Wildman–Crippen MR) is 81.5 cm³/mol. The van der Waals surface area contributed by atoms with Gasteiger partial charge in [-0.05, 0) is 53.8 Å². The summed E-state index contributed by atoms with van der Waals surface area (Å²) in [5.74, 6) is 0.0689. The summed E-state index contributed by atoms with van der Waals surface area (Å²) in [6.07, 6.45) is 0. The van der Waals surface area contributed by atoms with Crippen LogP contribution in [-0.2, 0) is 0 Å². The molecule has 0 aliphatic heterocycles. The van der Waals surface area contributed by atoms with Crippen LogP contribution in [0.15, 0.2) is 46.9 Å². The van der Waals surface area contributed by atoms with Gasteiger partial charge in [0, 0.05) is 19.2 Å². The molecule has 0 heterocycles. The second-order valence-corrected chi connectivity index (χ2v) is 5.90. The van der Waals surface area contributed by atoms with E-state index in [1.807, 2.05) is 49.4 Å². The Labute approximate surface area is 123 Å². The molecule has 0 unspecified atom stereocenters. The molecular formula is C14H10BrIO. The van der Waals surface area contributed by atoms with Gasteiger partial charge < -0.3 is 0 Å². The number of aryl methyl sites for hydroxylation is 1. The molecule has 0 aromatic heterocycles. The zero-order valence-corrected chi connectivity index (χ0v) is 12.9. The minimum absolute atomic E-state index is 0.0689. The average molecular weight is 401 g/mol. The topological polar surface area (TPSA) is 17.1 Å². The van der Waals surface area contributed by atoms with Gasteiger partial charge in [0.25, 0.3) is 0 Å². The molecule has 2 aromatic rings. The summed E-state index contributed by atoms with van der Waals surface area (Å²) in [6, 6.07) is 13.4. The number of ketones is 1. The number of hydrogen-bond donors (Lipinski definition) is 0. The van der Waals surface area contributed by atoms with Gasteiger partial charge in [-0.2, -0.15) is 0 Å². The molecule has 0 aliphatic carbocycles. The minimum Gasteiger partial charge on any atom is -0.289 e. The monoisotopic (exact) mass is 400 g/mol. The van der Waals surface area contributed by atoms with E-state index in [4.69, 9.17) is 0 Å². The molecule has 0 amide bonds. The molecule has 86 valence electrons. The molecule has 2 aromatic carbocycles. The third-order valence-corrected chi connectivity index (χ3v) is 3.89. The fourth-order valence-electron chi connectivity index (χ4n) is 1.61. The summed E-state index contributed by atoms with van der Waals surface area (Å²) in [6.45, 7) is 1.99. The molecule has 3 heteroatoms. The normalized spacial score (nSPS) is 10.3. The summed E-state index contributed by atoms with van der Waals surface area (Å²) < 4.78 is 1.89. The summed E-state index contributed by atoms with van der Waals surface area (Å²) in [5, 5.41) is 0. The largest absolute Gasteiger partial charge is 0.289 e. The lowest BCUT2D eigenvalue weighted by molar-refractivity contribution is 0.103. The standard InChI is InChI=1S/C14H10BrIO/c1-9-3-2-4-10(7-9)14(17)12-8-11(15)5-6-13(12)16/h2-8H,1H3. The van der Waals surface area contributed by atoms with Crippen molar-refractivity contribution < 1.29 is 4.79 Å². The Bertz CT molecular complexity index is 578. The number of benzene rings is 2. The lowest BCUT2D eigenvalue weighted by Gasteiger charge is -2.05. The second kappa shape index (κ2) is 5.31. The summed E-state index contributed by atoms with van der Waals surface area (Å²) in [7, 11) is 0. The van der Waals surface area contributed by atoms with E-state index in [9.17, 15) is 4.79 Å². The van der Waals surface area contributed by atoms with E-state index in [-0.39, 0.29) is 5.78 Å². The van der Waals surface area contributed by atoms with Crippen molar-refractivity contribution >= 4 is 44.3 Å². The van der Waals surface area contributed by atoms with Crippen LogP contribution in [0, 0.1) is 10.5 Å². The first-order chi connectivity index (χ1) is 8.08. The van der Waals surface area contributed by atoms with Crippen LogP contribution in [0.4, 0.5) is 0 Å². The number of hydrogen-bond acceptors (Lipinski definition) is 1. The van der Waals surface area contributed by atoms with Crippen molar-refractivity contribution in [2.45, 2.75) is 6.92 Å². The molecule has 17 heavy (non-hydrogen) atoms. The van der Waals surface area contributed by atoms with Crippen molar-refractivity contribution in [1.29, 1.82) is 0 Å². The van der Waals surface area contributed by atoms with Crippen molar-refractivity contribution in [2.75, 3.05) is 0 Å². The summed E-state index contributed by atoms with van der Waals surface area (Å²) in [5.41, 5.74) is 2.58. The number of carbonyl (C=O) groups is 1. The Morgan fingerprint density at radius 3 is 2.65 bits per heavy atom. The first kappa shape index (κ1) is 12.8. The van der Waals surface area contributed by atoms with Crippen LogP contribution >= 0.6 is 38.5 Å². The molecule has 1 nitrogen and oxygen atoms in total. The Hall–Kier alpha value is -0.680. The Morgan fingerprint density at radius 2 is 1.94 bits per heavy atom. The van der Waals surface area contributed by atoms with E-state index < -0.39 is 0 Å². The maximum atomic E-state index is 12.3. The highest BCUT2D eigenvalue weighted by Crippen LogP contribution is 2.21. The fourth-order valence-corrected chi connectivity index (χ4v) is 2.55. The third-order valence-electron chi connectivity index (χ3n) is 2.45.